The van der Waals surface area contributed by atoms with Crippen molar-refractivity contribution in [1.29, 1.82) is 0 Å². The highest BCUT2D eigenvalue weighted by Crippen LogP contribution is 2.25. The molecule has 0 saturated carbocycles. The fraction of sp³-hybridized carbons (Fsp3) is 0.158. The lowest BCUT2D eigenvalue weighted by Gasteiger charge is -2.18. The van der Waals surface area contributed by atoms with Crippen molar-refractivity contribution in [1.82, 2.24) is 24.6 Å². The fourth-order valence-electron chi connectivity index (χ4n) is 2.88. The second kappa shape index (κ2) is 7.06. The first-order valence-corrected chi connectivity index (χ1v) is 8.49. The molecule has 0 radical (unpaired) electrons. The Morgan fingerprint density at radius 2 is 2.04 bits per heavy atom. The van der Waals surface area contributed by atoms with Crippen LogP contribution in [0.25, 0.3) is 17.0 Å². The van der Waals surface area contributed by atoms with Crippen molar-refractivity contribution < 1.29 is 10.2 Å². The van der Waals surface area contributed by atoms with Crippen LogP contribution < -0.4 is 5.32 Å². The second-order valence-corrected chi connectivity index (χ2v) is 5.99. The molecule has 4 rings (SSSR count). The summed E-state index contributed by atoms with van der Waals surface area (Å²) in [5.41, 5.74) is 2.01. The number of halogens is 2. The number of nitrogens with zero attached hydrogens (tertiary/aromatic N) is 5. The Morgan fingerprint density at radius 3 is 2.85 bits per heavy atom. The molecular weight excluding hydrogens is 350 g/mol. The van der Waals surface area contributed by atoms with E-state index in [9.17, 15) is 8.78 Å². The third-order valence-corrected chi connectivity index (χ3v) is 4.25. The molecule has 0 aliphatic rings. The number of fused-ring (bicyclic) bond motifs is 1. The second-order valence-electron chi connectivity index (χ2n) is 5.99. The van der Waals surface area contributed by atoms with E-state index in [4.69, 9.17) is 0 Å². The highest BCUT2D eigenvalue weighted by Gasteiger charge is 2.15. The van der Waals surface area contributed by atoms with Crippen LogP contribution in [0.5, 0.6) is 0 Å². The molecule has 3 heterocycles. The van der Waals surface area contributed by atoms with Crippen molar-refractivity contribution in [2.24, 2.45) is 0 Å². The first-order valence-electron chi connectivity index (χ1n) is 8.49. The van der Waals surface area contributed by atoms with Crippen molar-refractivity contribution in [3.63, 3.8) is 0 Å². The van der Waals surface area contributed by atoms with Gasteiger partial charge in [-0.25, -0.2) is 28.2 Å². The number of aromatic nitrogens is 5. The summed E-state index contributed by atoms with van der Waals surface area (Å²) in [5.74, 6) is -0.673. The Bertz CT molecular complexity index is 1100. The summed E-state index contributed by atoms with van der Waals surface area (Å²) in [5, 5.41) is 7.50. The van der Waals surface area contributed by atoms with Crippen LogP contribution in [0.1, 0.15) is 26.4 Å². The average molecular weight is 368 g/mol. The summed E-state index contributed by atoms with van der Waals surface area (Å²) in [4.78, 5) is 13.2. The molecule has 3 aromatic heterocycles. The zero-order valence-corrected chi connectivity index (χ0v) is 14.5. The minimum absolute atomic E-state index is 0. The van der Waals surface area contributed by atoms with Gasteiger partial charge in [0.2, 0.25) is 0 Å². The van der Waals surface area contributed by atoms with Gasteiger partial charge >= 0.3 is 0 Å². The van der Waals surface area contributed by atoms with Gasteiger partial charge in [0, 0.05) is 20.0 Å². The fourth-order valence-corrected chi connectivity index (χ4v) is 2.88. The quantitative estimate of drug-likeness (QED) is 0.570. The Morgan fingerprint density at radius 1 is 1.15 bits per heavy atom. The molecule has 0 amide bonds. The molecule has 0 saturated heterocycles. The molecule has 0 aliphatic heterocycles. The smallest absolute Gasteiger partial charge is 0.166 e. The molecule has 1 atom stereocenters. The van der Waals surface area contributed by atoms with Gasteiger partial charge in [0.25, 0.3) is 0 Å². The van der Waals surface area contributed by atoms with E-state index >= 15 is 0 Å². The zero-order chi connectivity index (χ0) is 18.8. The maximum atomic E-state index is 13.6. The minimum atomic E-state index is -0.867. The van der Waals surface area contributed by atoms with Gasteiger partial charge in [0.05, 0.1) is 17.8 Å². The highest BCUT2D eigenvalue weighted by molar-refractivity contribution is 5.72. The number of benzene rings is 1. The Balaban J connectivity index is 0.00000225. The van der Waals surface area contributed by atoms with Gasteiger partial charge in [-0.1, -0.05) is 13.0 Å². The van der Waals surface area contributed by atoms with Gasteiger partial charge < -0.3 is 5.32 Å². The summed E-state index contributed by atoms with van der Waals surface area (Å²) in [6, 6.07) is 7.20. The number of anilines is 1. The van der Waals surface area contributed by atoms with E-state index in [0.717, 1.165) is 6.07 Å². The van der Waals surface area contributed by atoms with E-state index in [1.165, 1.54) is 6.07 Å². The lowest BCUT2D eigenvalue weighted by Crippen LogP contribution is -2.12. The van der Waals surface area contributed by atoms with E-state index < -0.39 is 11.6 Å². The molecule has 6 nitrogen and oxygen atoms in total. The molecule has 27 heavy (non-hydrogen) atoms. The first kappa shape index (κ1) is 17.0. The van der Waals surface area contributed by atoms with Crippen LogP contribution in [0.15, 0.2) is 55.1 Å². The van der Waals surface area contributed by atoms with E-state index in [1.807, 2.05) is 6.92 Å². The molecule has 1 N–H and O–H groups in total. The van der Waals surface area contributed by atoms with Gasteiger partial charge in [-0.3, -0.25) is 0 Å². The summed E-state index contributed by atoms with van der Waals surface area (Å²) in [6.07, 6.45) is 7.44. The van der Waals surface area contributed by atoms with Crippen molar-refractivity contribution in [3.05, 3.63) is 72.3 Å². The predicted molar refractivity (Wildman–Crippen MR) is 99.1 cm³/mol. The Hall–Kier alpha value is -3.42. The SMILES string of the molecule is CC[C@H](Nc1ccnc(-c2cnn3cccnc23)n1)c1ccc(F)c(F)c1.[HH]. The van der Waals surface area contributed by atoms with Gasteiger partial charge in [0.1, 0.15) is 5.82 Å². The van der Waals surface area contributed by atoms with E-state index in [-0.39, 0.29) is 7.47 Å². The third-order valence-electron chi connectivity index (χ3n) is 4.25. The molecule has 0 bridgehead atoms. The third kappa shape index (κ3) is 3.33. The maximum absolute atomic E-state index is 13.6. The van der Waals surface area contributed by atoms with Gasteiger partial charge in [-0.2, -0.15) is 5.10 Å². The van der Waals surface area contributed by atoms with Crippen LogP contribution in [0.2, 0.25) is 0 Å². The molecule has 1 aromatic carbocycles. The van der Waals surface area contributed by atoms with Crippen molar-refractivity contribution >= 4 is 11.5 Å². The van der Waals surface area contributed by atoms with Crippen molar-refractivity contribution in [3.8, 4) is 11.4 Å². The van der Waals surface area contributed by atoms with Gasteiger partial charge in [0.15, 0.2) is 23.1 Å². The number of hydrogen-bond acceptors (Lipinski definition) is 5. The molecular formula is C19H18F2N6. The summed E-state index contributed by atoms with van der Waals surface area (Å²) < 4.78 is 28.4. The zero-order valence-electron chi connectivity index (χ0n) is 14.5. The topological polar surface area (TPSA) is 68.0 Å². The number of nitrogens with one attached hydrogen (secondary N) is 1. The molecule has 0 fully saturated rings. The van der Waals surface area contributed by atoms with Crippen LogP contribution in [-0.2, 0) is 0 Å². The van der Waals surface area contributed by atoms with Crippen LogP contribution in [0, 0.1) is 11.6 Å². The molecule has 0 aliphatic carbocycles. The molecule has 0 spiro atoms. The lowest BCUT2D eigenvalue weighted by atomic mass is 10.0. The van der Waals surface area contributed by atoms with Gasteiger partial charge in [-0.05, 0) is 36.2 Å². The molecule has 138 valence electrons. The summed E-state index contributed by atoms with van der Waals surface area (Å²) in [6.45, 7) is 1.95. The molecule has 4 aromatic rings. The molecule has 0 unspecified atom stereocenters. The molecule has 8 heteroatoms. The summed E-state index contributed by atoms with van der Waals surface area (Å²) in [7, 11) is 0. The van der Waals surface area contributed by atoms with E-state index in [1.54, 1.807) is 47.5 Å². The minimum Gasteiger partial charge on any atom is -0.363 e. The lowest BCUT2D eigenvalue weighted by molar-refractivity contribution is 0.505. The van der Waals surface area contributed by atoms with Crippen LogP contribution in [-0.4, -0.2) is 24.6 Å². The van der Waals surface area contributed by atoms with Gasteiger partial charge in [-0.15, -0.1) is 0 Å². The summed E-state index contributed by atoms with van der Waals surface area (Å²) >= 11 is 0. The maximum Gasteiger partial charge on any atom is 0.166 e. The Labute approximate surface area is 155 Å². The van der Waals surface area contributed by atoms with Crippen LogP contribution in [0.3, 0.4) is 0 Å². The number of rotatable bonds is 5. The average Bonchev–Trinajstić information content (AvgIpc) is 3.13. The van der Waals surface area contributed by atoms with Crippen molar-refractivity contribution in [2.75, 3.05) is 5.32 Å². The predicted octanol–water partition coefficient (Wildman–Crippen LogP) is 4.27. The highest BCUT2D eigenvalue weighted by atomic mass is 19.2. The number of hydrogen-bond donors (Lipinski definition) is 1. The standard InChI is InChI=1S/C19H16F2N6.H2/c1-2-16(12-4-5-14(20)15(21)10-12)25-17-6-8-22-18(26-17)13-11-24-27-9-3-7-23-19(13)27;/h3-11,16H,2H2,1H3,(H,22,25,26);1H/t16-;/m0./s1. The van der Waals surface area contributed by atoms with E-state index in [0.29, 0.717) is 34.8 Å². The Kier molecular flexibility index (Phi) is 4.45. The van der Waals surface area contributed by atoms with Crippen LogP contribution in [0.4, 0.5) is 14.6 Å². The van der Waals surface area contributed by atoms with Crippen molar-refractivity contribution in [2.45, 2.75) is 19.4 Å². The monoisotopic (exact) mass is 368 g/mol. The van der Waals surface area contributed by atoms with Crippen LogP contribution >= 0.6 is 0 Å². The first-order chi connectivity index (χ1) is 13.2. The van der Waals surface area contributed by atoms with E-state index in [2.05, 4.69) is 25.4 Å². The normalized spacial score (nSPS) is 12.3. The largest absolute Gasteiger partial charge is 0.363 e.